The monoisotopic (exact) mass is 260 g/mol. The molecule has 0 atom stereocenters. The van der Waals surface area contributed by atoms with E-state index < -0.39 is 11.8 Å². The molecule has 94 valence electrons. The number of hydrogen-bond donors (Lipinski definition) is 1. The summed E-state index contributed by atoms with van der Waals surface area (Å²) in [6.45, 7) is 0.840. The summed E-state index contributed by atoms with van der Waals surface area (Å²) in [5.74, 6) is -0.636. The Morgan fingerprint density at radius 2 is 2.29 bits per heavy atom. The fourth-order valence-electron chi connectivity index (χ4n) is 1.14. The van der Waals surface area contributed by atoms with Gasteiger partial charge in [-0.1, -0.05) is 17.7 Å². The van der Waals surface area contributed by atoms with Gasteiger partial charge in [-0.2, -0.15) is 0 Å². The van der Waals surface area contributed by atoms with Gasteiger partial charge < -0.3 is 15.0 Å². The molecular weight excluding hydrogens is 247 g/mol. The minimum absolute atomic E-state index is 0.0256. The standard InChI is InChI=1S/C11H14ClFN2O2/c1-15(6-7-17-2)11(16)14-9-5-3-4-8(12)10(9)13/h3-5H,6-7H2,1-2H3,(H,14,16). The maximum atomic E-state index is 13.5. The van der Waals surface area contributed by atoms with E-state index in [-0.39, 0.29) is 10.7 Å². The Kier molecular flexibility index (Phi) is 5.18. The van der Waals surface area contributed by atoms with Crippen LogP contribution in [0.25, 0.3) is 0 Å². The Hall–Kier alpha value is -1.33. The number of ether oxygens (including phenoxy) is 1. The quantitative estimate of drug-likeness (QED) is 0.904. The number of carbonyl (C=O) groups excluding carboxylic acids is 1. The van der Waals surface area contributed by atoms with Gasteiger partial charge in [0, 0.05) is 20.7 Å². The lowest BCUT2D eigenvalue weighted by Crippen LogP contribution is -2.34. The van der Waals surface area contributed by atoms with Crippen molar-refractivity contribution in [3.8, 4) is 0 Å². The zero-order valence-corrected chi connectivity index (χ0v) is 10.4. The number of anilines is 1. The summed E-state index contributed by atoms with van der Waals surface area (Å²) in [4.78, 5) is 13.0. The van der Waals surface area contributed by atoms with Gasteiger partial charge >= 0.3 is 6.03 Å². The molecule has 4 nitrogen and oxygen atoms in total. The number of nitrogens with zero attached hydrogens (tertiary/aromatic N) is 1. The van der Waals surface area contributed by atoms with E-state index in [1.54, 1.807) is 20.2 Å². The van der Waals surface area contributed by atoms with E-state index in [9.17, 15) is 9.18 Å². The van der Waals surface area contributed by atoms with Crippen molar-refractivity contribution in [2.24, 2.45) is 0 Å². The third-order valence-corrected chi connectivity index (χ3v) is 2.46. The number of hydrogen-bond acceptors (Lipinski definition) is 2. The van der Waals surface area contributed by atoms with Crippen LogP contribution in [0.3, 0.4) is 0 Å². The Morgan fingerprint density at radius 3 is 2.94 bits per heavy atom. The highest BCUT2D eigenvalue weighted by Gasteiger charge is 2.12. The first kappa shape index (κ1) is 13.7. The second-order valence-corrected chi connectivity index (χ2v) is 3.85. The van der Waals surface area contributed by atoms with Crippen molar-refractivity contribution < 1.29 is 13.9 Å². The molecule has 0 fully saturated rings. The van der Waals surface area contributed by atoms with E-state index in [0.29, 0.717) is 13.2 Å². The molecular formula is C11H14ClFN2O2. The number of urea groups is 1. The van der Waals surface area contributed by atoms with Crippen LogP contribution >= 0.6 is 11.6 Å². The molecule has 0 aromatic heterocycles. The van der Waals surface area contributed by atoms with Crippen molar-refractivity contribution in [1.82, 2.24) is 4.90 Å². The van der Waals surface area contributed by atoms with Gasteiger partial charge in [-0.3, -0.25) is 0 Å². The second kappa shape index (κ2) is 6.42. The largest absolute Gasteiger partial charge is 0.383 e. The van der Waals surface area contributed by atoms with Crippen LogP contribution in [0.4, 0.5) is 14.9 Å². The van der Waals surface area contributed by atoms with Crippen molar-refractivity contribution in [3.05, 3.63) is 29.0 Å². The van der Waals surface area contributed by atoms with Crippen LogP contribution in [-0.2, 0) is 4.74 Å². The van der Waals surface area contributed by atoms with Crippen LogP contribution in [-0.4, -0.2) is 38.2 Å². The zero-order valence-electron chi connectivity index (χ0n) is 9.67. The molecule has 17 heavy (non-hydrogen) atoms. The van der Waals surface area contributed by atoms with E-state index in [2.05, 4.69) is 5.32 Å². The molecule has 0 heterocycles. The Bertz CT molecular complexity index is 401. The lowest BCUT2D eigenvalue weighted by Gasteiger charge is -2.17. The molecule has 6 heteroatoms. The van der Waals surface area contributed by atoms with Gasteiger partial charge in [0.25, 0.3) is 0 Å². The Balaban J connectivity index is 2.64. The van der Waals surface area contributed by atoms with Crippen LogP contribution in [0.2, 0.25) is 5.02 Å². The van der Waals surface area contributed by atoms with Crippen molar-refractivity contribution in [2.75, 3.05) is 32.6 Å². The van der Waals surface area contributed by atoms with Crippen molar-refractivity contribution in [3.63, 3.8) is 0 Å². The summed E-state index contributed by atoms with van der Waals surface area (Å²) in [6, 6.07) is 4.02. The lowest BCUT2D eigenvalue weighted by atomic mass is 10.3. The molecule has 0 aliphatic carbocycles. The third kappa shape index (κ3) is 3.87. The summed E-state index contributed by atoms with van der Waals surface area (Å²) in [6.07, 6.45) is 0. The SMILES string of the molecule is COCCN(C)C(=O)Nc1cccc(Cl)c1F. The van der Waals surface area contributed by atoms with Gasteiger partial charge in [0.15, 0.2) is 5.82 Å². The van der Waals surface area contributed by atoms with Gasteiger partial charge in [0.1, 0.15) is 0 Å². The van der Waals surface area contributed by atoms with Gasteiger partial charge in [-0.25, -0.2) is 9.18 Å². The molecule has 1 rings (SSSR count). The topological polar surface area (TPSA) is 41.6 Å². The fourth-order valence-corrected chi connectivity index (χ4v) is 1.32. The van der Waals surface area contributed by atoms with Gasteiger partial charge in [0.05, 0.1) is 17.3 Å². The first-order valence-corrected chi connectivity index (χ1v) is 5.39. The van der Waals surface area contributed by atoms with Gasteiger partial charge in [-0.15, -0.1) is 0 Å². The molecule has 1 aromatic carbocycles. The highest BCUT2D eigenvalue weighted by Crippen LogP contribution is 2.22. The van der Waals surface area contributed by atoms with Crippen molar-refractivity contribution in [1.29, 1.82) is 0 Å². The van der Waals surface area contributed by atoms with Crippen LogP contribution < -0.4 is 5.32 Å². The summed E-state index contributed by atoms with van der Waals surface area (Å²) in [5, 5.41) is 2.41. The second-order valence-electron chi connectivity index (χ2n) is 3.45. The zero-order chi connectivity index (χ0) is 12.8. The number of nitrogens with one attached hydrogen (secondary N) is 1. The maximum absolute atomic E-state index is 13.5. The van der Waals surface area contributed by atoms with E-state index in [4.69, 9.17) is 16.3 Å². The number of likely N-dealkylation sites (N-methyl/N-ethyl adjacent to an activating group) is 1. The number of methoxy groups -OCH3 is 1. The van der Waals surface area contributed by atoms with E-state index in [0.717, 1.165) is 0 Å². The normalized spacial score (nSPS) is 10.1. The first-order chi connectivity index (χ1) is 8.06. The molecule has 0 spiro atoms. The summed E-state index contributed by atoms with van der Waals surface area (Å²) in [7, 11) is 3.14. The Morgan fingerprint density at radius 1 is 1.59 bits per heavy atom. The molecule has 0 radical (unpaired) electrons. The summed E-state index contributed by atoms with van der Waals surface area (Å²) >= 11 is 5.60. The van der Waals surface area contributed by atoms with E-state index in [1.165, 1.54) is 17.0 Å². The van der Waals surface area contributed by atoms with Crippen molar-refractivity contribution in [2.45, 2.75) is 0 Å². The average Bonchev–Trinajstić information content (AvgIpc) is 2.31. The highest BCUT2D eigenvalue weighted by atomic mass is 35.5. The minimum atomic E-state index is -0.636. The molecule has 0 saturated heterocycles. The molecule has 0 unspecified atom stereocenters. The number of amides is 2. The maximum Gasteiger partial charge on any atom is 0.321 e. The first-order valence-electron chi connectivity index (χ1n) is 5.01. The smallest absolute Gasteiger partial charge is 0.321 e. The predicted molar refractivity (Wildman–Crippen MR) is 64.9 cm³/mol. The van der Waals surface area contributed by atoms with Gasteiger partial charge in [-0.05, 0) is 12.1 Å². The van der Waals surface area contributed by atoms with Crippen LogP contribution in [0.5, 0.6) is 0 Å². The minimum Gasteiger partial charge on any atom is -0.383 e. The third-order valence-electron chi connectivity index (χ3n) is 2.17. The molecule has 1 aromatic rings. The van der Waals surface area contributed by atoms with Crippen LogP contribution in [0.1, 0.15) is 0 Å². The predicted octanol–water partition coefficient (Wildman–Crippen LogP) is 2.59. The summed E-state index contributed by atoms with van der Waals surface area (Å²) < 4.78 is 18.3. The van der Waals surface area contributed by atoms with Gasteiger partial charge in [0.2, 0.25) is 0 Å². The molecule has 0 aliphatic rings. The molecule has 0 saturated carbocycles. The van der Waals surface area contributed by atoms with Crippen LogP contribution in [0, 0.1) is 5.82 Å². The fraction of sp³-hybridized carbons (Fsp3) is 0.364. The average molecular weight is 261 g/mol. The van der Waals surface area contributed by atoms with Crippen LogP contribution in [0.15, 0.2) is 18.2 Å². The number of benzene rings is 1. The molecule has 1 N–H and O–H groups in total. The number of carbonyl (C=O) groups is 1. The van der Waals surface area contributed by atoms with E-state index >= 15 is 0 Å². The highest BCUT2D eigenvalue weighted by molar-refractivity contribution is 6.31. The van der Waals surface area contributed by atoms with E-state index in [1.807, 2.05) is 0 Å². The molecule has 2 amide bonds. The molecule has 0 aliphatic heterocycles. The summed E-state index contributed by atoms with van der Waals surface area (Å²) in [5.41, 5.74) is 0.0618. The number of halogens is 2. The Labute approximate surface area is 104 Å². The number of rotatable bonds is 4. The molecule has 0 bridgehead atoms. The van der Waals surface area contributed by atoms with Crippen molar-refractivity contribution >= 4 is 23.3 Å². The lowest BCUT2D eigenvalue weighted by molar-refractivity contribution is 0.165.